The van der Waals surface area contributed by atoms with Crippen molar-refractivity contribution in [3.05, 3.63) is 24.0 Å². The number of carboxylic acid groups (broad SMARTS) is 1. The second-order valence-corrected chi connectivity index (χ2v) is 8.33. The van der Waals surface area contributed by atoms with Crippen LogP contribution in [-0.4, -0.2) is 60.2 Å². The Bertz CT molecular complexity index is 911. The van der Waals surface area contributed by atoms with Gasteiger partial charge in [0.05, 0.1) is 0 Å². The third kappa shape index (κ3) is 6.64. The predicted molar refractivity (Wildman–Crippen MR) is 106 cm³/mol. The van der Waals surface area contributed by atoms with Crippen LogP contribution in [0.5, 0.6) is 0 Å². The van der Waals surface area contributed by atoms with Gasteiger partial charge in [0.25, 0.3) is 0 Å². The minimum Gasteiger partial charge on any atom is -0.475 e. The molecule has 0 radical (unpaired) electrons. The van der Waals surface area contributed by atoms with Crippen LogP contribution in [0.25, 0.3) is 0 Å². The molecule has 1 aliphatic carbocycles. The number of anilines is 1. The molecule has 2 aliphatic rings. The number of halogens is 3. The van der Waals surface area contributed by atoms with E-state index >= 15 is 0 Å². The Morgan fingerprint density at radius 1 is 1.32 bits per heavy atom. The van der Waals surface area contributed by atoms with Gasteiger partial charge in [-0.25, -0.2) is 19.6 Å². The van der Waals surface area contributed by atoms with Gasteiger partial charge in [0.15, 0.2) is 0 Å². The molecule has 1 atom stereocenters. The van der Waals surface area contributed by atoms with Crippen LogP contribution in [0.4, 0.5) is 23.1 Å². The van der Waals surface area contributed by atoms with Crippen LogP contribution < -0.4 is 5.32 Å². The fraction of sp³-hybridized carbons (Fsp3) is 0.611. The number of rotatable bonds is 4. The number of hydrogen-bond donors (Lipinski definition) is 2. The van der Waals surface area contributed by atoms with Crippen LogP contribution in [-0.2, 0) is 18.3 Å². The van der Waals surface area contributed by atoms with E-state index in [1.807, 2.05) is 24.3 Å². The van der Waals surface area contributed by atoms with Gasteiger partial charge in [-0.15, -0.1) is 0 Å². The van der Waals surface area contributed by atoms with Crippen LogP contribution >= 0.6 is 11.5 Å². The van der Waals surface area contributed by atoms with Crippen LogP contribution in [0.3, 0.4) is 0 Å². The number of aliphatic carboxylic acids is 1. The maximum atomic E-state index is 12.5. The lowest BCUT2D eigenvalue weighted by atomic mass is 9.94. The molecule has 9 nitrogen and oxygen atoms in total. The third-order valence-corrected chi connectivity index (χ3v) is 5.68. The Morgan fingerprint density at radius 3 is 2.61 bits per heavy atom. The number of urea groups is 1. The fourth-order valence-electron chi connectivity index (χ4n) is 3.23. The normalized spacial score (nSPS) is 18.8. The van der Waals surface area contributed by atoms with E-state index in [-0.39, 0.29) is 6.03 Å². The van der Waals surface area contributed by atoms with Gasteiger partial charge in [-0.1, -0.05) is 0 Å². The lowest BCUT2D eigenvalue weighted by Gasteiger charge is -2.32. The molecule has 31 heavy (non-hydrogen) atoms. The van der Waals surface area contributed by atoms with Crippen molar-refractivity contribution >= 4 is 28.7 Å². The number of nitrogens with zero attached hydrogens (tertiary/aromatic N) is 5. The molecule has 1 saturated carbocycles. The summed E-state index contributed by atoms with van der Waals surface area (Å²) in [6.45, 7) is 1.57. The lowest BCUT2D eigenvalue weighted by molar-refractivity contribution is -0.192. The van der Waals surface area contributed by atoms with E-state index in [9.17, 15) is 18.0 Å². The van der Waals surface area contributed by atoms with Gasteiger partial charge in [0.1, 0.15) is 11.6 Å². The fourth-order valence-corrected chi connectivity index (χ4v) is 3.87. The molecule has 3 heterocycles. The quantitative estimate of drug-likeness (QED) is 0.724. The van der Waals surface area contributed by atoms with Gasteiger partial charge in [-0.3, -0.25) is 5.32 Å². The average Bonchev–Trinajstić information content (AvgIpc) is 3.33. The molecule has 1 unspecified atom stereocenters. The van der Waals surface area contributed by atoms with Crippen molar-refractivity contribution in [2.45, 2.75) is 44.2 Å². The van der Waals surface area contributed by atoms with E-state index in [1.165, 1.54) is 24.4 Å². The highest BCUT2D eigenvalue weighted by atomic mass is 32.1. The molecule has 2 aromatic heterocycles. The number of carbonyl (C=O) groups is 2. The molecule has 2 N–H and O–H groups in total. The number of alkyl halides is 3. The number of nitrogens with one attached hydrogen (secondary N) is 1. The van der Waals surface area contributed by atoms with Crippen molar-refractivity contribution in [3.63, 3.8) is 0 Å². The molecule has 13 heteroatoms. The minimum atomic E-state index is -5.08. The number of carbonyl (C=O) groups excluding carboxylic acids is 1. The van der Waals surface area contributed by atoms with Crippen molar-refractivity contribution < 1.29 is 27.9 Å². The summed E-state index contributed by atoms with van der Waals surface area (Å²) in [6.07, 6.45) is 4.15. The van der Waals surface area contributed by atoms with Crippen molar-refractivity contribution in [1.29, 1.82) is 0 Å². The number of aromatic nitrogens is 4. The number of hydrogen-bond acceptors (Lipinski definition) is 6. The summed E-state index contributed by atoms with van der Waals surface area (Å²) in [5.41, 5.74) is 0. The summed E-state index contributed by atoms with van der Waals surface area (Å²) in [4.78, 5) is 32.1. The van der Waals surface area contributed by atoms with Gasteiger partial charge in [-0.2, -0.15) is 17.5 Å². The molecule has 4 rings (SSSR count). The summed E-state index contributed by atoms with van der Waals surface area (Å²) in [5, 5.41) is 10.7. The standard InChI is InChI=1S/C16H22N6OS.C2HF3O2/c1-21-8-6-17-13(21)9-11-3-2-7-22(10-11)16(23)19-15-18-14(20-24-15)12-4-5-12;3-2(4,5)1(6)7/h6,8,11-12H,2-5,7,9-10H2,1H3,(H,18,19,20,23);(H,6,7). The minimum absolute atomic E-state index is 0.0574. The number of carboxylic acids is 1. The van der Waals surface area contributed by atoms with Crippen molar-refractivity contribution in [3.8, 4) is 0 Å². The van der Waals surface area contributed by atoms with E-state index < -0.39 is 12.1 Å². The highest BCUT2D eigenvalue weighted by Crippen LogP contribution is 2.39. The number of imidazole rings is 1. The zero-order valence-electron chi connectivity index (χ0n) is 16.8. The Hall–Kier alpha value is -2.70. The molecule has 2 fully saturated rings. The molecular formula is C18H23F3N6O3S. The van der Waals surface area contributed by atoms with E-state index in [2.05, 4.69) is 24.2 Å². The molecule has 170 valence electrons. The summed E-state index contributed by atoms with van der Waals surface area (Å²) < 4.78 is 38.1. The number of likely N-dealkylation sites (tertiary alicyclic amines) is 1. The Labute approximate surface area is 180 Å². The van der Waals surface area contributed by atoms with Crippen molar-refractivity contribution in [1.82, 2.24) is 23.8 Å². The molecule has 0 spiro atoms. The Morgan fingerprint density at radius 2 is 2.03 bits per heavy atom. The van der Waals surface area contributed by atoms with Gasteiger partial charge in [0, 0.05) is 56.4 Å². The van der Waals surface area contributed by atoms with Crippen molar-refractivity contribution in [2.75, 3.05) is 18.4 Å². The SMILES string of the molecule is Cn1ccnc1CC1CCCN(C(=O)Nc2nc(C3CC3)ns2)C1.O=C(O)C(F)(F)F. The maximum Gasteiger partial charge on any atom is 0.490 e. The second-order valence-electron chi connectivity index (χ2n) is 7.58. The third-order valence-electron chi connectivity index (χ3n) is 5.04. The Kier molecular flexibility index (Phi) is 7.13. The zero-order valence-corrected chi connectivity index (χ0v) is 17.6. The zero-order chi connectivity index (χ0) is 22.6. The molecular weight excluding hydrogens is 437 g/mol. The van der Waals surface area contributed by atoms with Crippen LogP contribution in [0.1, 0.15) is 43.3 Å². The summed E-state index contributed by atoms with van der Waals surface area (Å²) >= 11 is 1.28. The maximum absolute atomic E-state index is 12.5. The molecule has 2 amide bonds. The summed E-state index contributed by atoms with van der Waals surface area (Å²) in [7, 11) is 2.02. The average molecular weight is 460 g/mol. The monoisotopic (exact) mass is 460 g/mol. The van der Waals surface area contributed by atoms with E-state index in [4.69, 9.17) is 9.90 Å². The first-order valence-electron chi connectivity index (χ1n) is 9.79. The summed E-state index contributed by atoms with van der Waals surface area (Å²) in [6, 6.07) is -0.0574. The molecule has 1 saturated heterocycles. The smallest absolute Gasteiger partial charge is 0.475 e. The highest BCUT2D eigenvalue weighted by Gasteiger charge is 2.38. The predicted octanol–water partition coefficient (Wildman–Crippen LogP) is 3.27. The van der Waals surface area contributed by atoms with Crippen LogP contribution in [0, 0.1) is 5.92 Å². The molecule has 0 aromatic carbocycles. The first-order chi connectivity index (χ1) is 14.6. The largest absolute Gasteiger partial charge is 0.490 e. The number of amides is 2. The summed E-state index contributed by atoms with van der Waals surface area (Å²) in [5.74, 6) is 0.195. The highest BCUT2D eigenvalue weighted by molar-refractivity contribution is 7.09. The van der Waals surface area contributed by atoms with Gasteiger partial charge in [0.2, 0.25) is 5.13 Å². The molecule has 0 bridgehead atoms. The van der Waals surface area contributed by atoms with E-state index in [0.29, 0.717) is 17.0 Å². The Balaban J connectivity index is 0.000000339. The van der Waals surface area contributed by atoms with Gasteiger partial charge < -0.3 is 14.6 Å². The van der Waals surface area contributed by atoms with Crippen molar-refractivity contribution in [2.24, 2.45) is 13.0 Å². The molecule has 2 aromatic rings. The lowest BCUT2D eigenvalue weighted by Crippen LogP contribution is -2.43. The van der Waals surface area contributed by atoms with Crippen LogP contribution in [0.2, 0.25) is 0 Å². The number of aryl methyl sites for hydroxylation is 1. The van der Waals surface area contributed by atoms with Gasteiger partial charge in [-0.05, 0) is 31.6 Å². The van der Waals surface area contributed by atoms with E-state index in [0.717, 1.165) is 44.0 Å². The topological polar surface area (TPSA) is 113 Å². The second kappa shape index (κ2) is 9.62. The van der Waals surface area contributed by atoms with E-state index in [1.54, 1.807) is 0 Å². The first kappa shape index (κ1) is 23.0. The first-order valence-corrected chi connectivity index (χ1v) is 10.6. The van der Waals surface area contributed by atoms with Gasteiger partial charge >= 0.3 is 18.2 Å². The molecule has 1 aliphatic heterocycles. The van der Waals surface area contributed by atoms with Crippen LogP contribution in [0.15, 0.2) is 12.4 Å². The number of piperidine rings is 1.